The smallest absolute Gasteiger partial charge is 0.223 e. The average molecular weight is 199 g/mol. The molecule has 14 heavy (non-hydrogen) atoms. The largest absolute Gasteiger partial charge is 0.349 e. The molecule has 1 amide bonds. The molecule has 4 nitrogen and oxygen atoms in total. The molecule has 0 radical (unpaired) electrons. The number of nitrogens with zero attached hydrogens (tertiary/aromatic N) is 3. The van der Waals surface area contributed by atoms with Crippen LogP contribution in [0, 0.1) is 0 Å². The molecule has 0 unspecified atom stereocenters. The third-order valence-electron chi connectivity index (χ3n) is 2.74. The maximum absolute atomic E-state index is 11.3. The molecule has 1 saturated heterocycles. The SMILES string of the molecule is CN1CCN(CCC(=O)N(C)C)CC1. The minimum atomic E-state index is 0.226. The van der Waals surface area contributed by atoms with Gasteiger partial charge < -0.3 is 14.7 Å². The van der Waals surface area contributed by atoms with Crippen molar-refractivity contribution in [2.75, 3.05) is 53.9 Å². The van der Waals surface area contributed by atoms with Gasteiger partial charge in [0.1, 0.15) is 0 Å². The fourth-order valence-electron chi connectivity index (χ4n) is 1.55. The van der Waals surface area contributed by atoms with E-state index in [1.165, 1.54) is 0 Å². The number of amides is 1. The summed E-state index contributed by atoms with van der Waals surface area (Å²) in [4.78, 5) is 17.7. The zero-order chi connectivity index (χ0) is 10.6. The molecule has 1 heterocycles. The fourth-order valence-corrected chi connectivity index (χ4v) is 1.55. The number of carbonyl (C=O) groups is 1. The molecule has 0 aromatic heterocycles. The number of rotatable bonds is 3. The standard InChI is InChI=1S/C10H21N3O/c1-11(2)10(14)4-5-13-8-6-12(3)7-9-13/h4-9H2,1-3H3. The minimum Gasteiger partial charge on any atom is -0.349 e. The second-order valence-electron chi connectivity index (χ2n) is 4.18. The number of piperazine rings is 1. The fraction of sp³-hybridized carbons (Fsp3) is 0.900. The molecule has 4 heteroatoms. The molecular weight excluding hydrogens is 178 g/mol. The topological polar surface area (TPSA) is 26.8 Å². The van der Waals surface area contributed by atoms with Crippen molar-refractivity contribution in [3.63, 3.8) is 0 Å². The first-order chi connectivity index (χ1) is 6.59. The monoisotopic (exact) mass is 199 g/mol. The average Bonchev–Trinajstić information content (AvgIpc) is 2.16. The van der Waals surface area contributed by atoms with Crippen LogP contribution in [0.2, 0.25) is 0 Å². The molecule has 1 rings (SSSR count). The van der Waals surface area contributed by atoms with Crippen molar-refractivity contribution in [3.8, 4) is 0 Å². The summed E-state index contributed by atoms with van der Waals surface area (Å²) in [7, 11) is 5.76. The second-order valence-corrected chi connectivity index (χ2v) is 4.18. The van der Waals surface area contributed by atoms with Gasteiger partial charge in [0.2, 0.25) is 5.91 Å². The van der Waals surface area contributed by atoms with Gasteiger partial charge in [0.25, 0.3) is 0 Å². The summed E-state index contributed by atoms with van der Waals surface area (Å²) in [5.41, 5.74) is 0. The molecule has 1 aliphatic heterocycles. The maximum Gasteiger partial charge on any atom is 0.223 e. The molecular formula is C10H21N3O. The Morgan fingerprint density at radius 1 is 1.21 bits per heavy atom. The summed E-state index contributed by atoms with van der Waals surface area (Å²) in [5.74, 6) is 0.226. The molecule has 0 bridgehead atoms. The number of likely N-dealkylation sites (N-methyl/N-ethyl adjacent to an activating group) is 1. The Morgan fingerprint density at radius 3 is 2.29 bits per heavy atom. The highest BCUT2D eigenvalue weighted by Crippen LogP contribution is 2.00. The predicted octanol–water partition coefficient (Wildman–Crippen LogP) is -0.288. The Labute approximate surface area is 86.5 Å². The number of hydrogen-bond donors (Lipinski definition) is 0. The Hall–Kier alpha value is -0.610. The summed E-state index contributed by atoms with van der Waals surface area (Å²) >= 11 is 0. The molecule has 0 aliphatic carbocycles. The highest BCUT2D eigenvalue weighted by molar-refractivity contribution is 5.75. The normalized spacial score (nSPS) is 19.6. The van der Waals surface area contributed by atoms with Gasteiger partial charge in [0, 0.05) is 53.2 Å². The van der Waals surface area contributed by atoms with E-state index in [-0.39, 0.29) is 5.91 Å². The first-order valence-corrected chi connectivity index (χ1v) is 5.20. The molecule has 0 aromatic carbocycles. The van der Waals surface area contributed by atoms with E-state index < -0.39 is 0 Å². The van der Waals surface area contributed by atoms with Crippen molar-refractivity contribution in [1.82, 2.24) is 14.7 Å². The summed E-state index contributed by atoms with van der Waals surface area (Å²) in [6.07, 6.45) is 0.650. The zero-order valence-corrected chi connectivity index (χ0v) is 9.49. The van der Waals surface area contributed by atoms with E-state index in [0.717, 1.165) is 32.7 Å². The lowest BCUT2D eigenvalue weighted by molar-refractivity contribution is -0.129. The van der Waals surface area contributed by atoms with Crippen LogP contribution in [-0.4, -0.2) is 74.5 Å². The van der Waals surface area contributed by atoms with Gasteiger partial charge in [0.15, 0.2) is 0 Å². The maximum atomic E-state index is 11.3. The van der Waals surface area contributed by atoms with Gasteiger partial charge in [-0.1, -0.05) is 0 Å². The van der Waals surface area contributed by atoms with Crippen molar-refractivity contribution >= 4 is 5.91 Å². The van der Waals surface area contributed by atoms with Crippen LogP contribution in [0.4, 0.5) is 0 Å². The highest BCUT2D eigenvalue weighted by atomic mass is 16.2. The van der Waals surface area contributed by atoms with Crippen molar-refractivity contribution in [2.45, 2.75) is 6.42 Å². The lowest BCUT2D eigenvalue weighted by Gasteiger charge is -2.32. The quantitative estimate of drug-likeness (QED) is 0.625. The van der Waals surface area contributed by atoms with Gasteiger partial charge in [-0.3, -0.25) is 4.79 Å². The van der Waals surface area contributed by atoms with E-state index in [2.05, 4.69) is 16.8 Å². The van der Waals surface area contributed by atoms with Crippen molar-refractivity contribution < 1.29 is 4.79 Å². The minimum absolute atomic E-state index is 0.226. The molecule has 0 N–H and O–H groups in total. The zero-order valence-electron chi connectivity index (χ0n) is 9.49. The third kappa shape index (κ3) is 3.64. The predicted molar refractivity (Wildman–Crippen MR) is 57.2 cm³/mol. The lowest BCUT2D eigenvalue weighted by Crippen LogP contribution is -2.45. The van der Waals surface area contributed by atoms with Crippen LogP contribution in [0.25, 0.3) is 0 Å². The van der Waals surface area contributed by atoms with Crippen LogP contribution in [-0.2, 0) is 4.79 Å². The summed E-state index contributed by atoms with van der Waals surface area (Å²) < 4.78 is 0. The van der Waals surface area contributed by atoms with E-state index >= 15 is 0 Å². The summed E-state index contributed by atoms with van der Waals surface area (Å²) in [5, 5.41) is 0. The van der Waals surface area contributed by atoms with E-state index in [1.54, 1.807) is 4.90 Å². The molecule has 0 aromatic rings. The van der Waals surface area contributed by atoms with Gasteiger partial charge in [-0.25, -0.2) is 0 Å². The van der Waals surface area contributed by atoms with Gasteiger partial charge >= 0.3 is 0 Å². The molecule has 0 saturated carbocycles. The summed E-state index contributed by atoms with van der Waals surface area (Å²) in [6.45, 7) is 5.34. The Balaban J connectivity index is 2.16. The van der Waals surface area contributed by atoms with E-state index in [9.17, 15) is 4.79 Å². The number of hydrogen-bond acceptors (Lipinski definition) is 3. The second kappa shape index (κ2) is 5.32. The molecule has 82 valence electrons. The molecule has 0 spiro atoms. The van der Waals surface area contributed by atoms with Crippen molar-refractivity contribution in [3.05, 3.63) is 0 Å². The van der Waals surface area contributed by atoms with E-state index in [1.807, 2.05) is 14.1 Å². The lowest BCUT2D eigenvalue weighted by atomic mass is 10.3. The summed E-state index contributed by atoms with van der Waals surface area (Å²) in [6, 6.07) is 0. The van der Waals surface area contributed by atoms with E-state index in [0.29, 0.717) is 6.42 Å². The van der Waals surface area contributed by atoms with Crippen LogP contribution in [0.3, 0.4) is 0 Å². The molecule has 1 fully saturated rings. The Morgan fingerprint density at radius 2 is 1.79 bits per heavy atom. The van der Waals surface area contributed by atoms with Gasteiger partial charge in [0.05, 0.1) is 0 Å². The van der Waals surface area contributed by atoms with Crippen LogP contribution < -0.4 is 0 Å². The van der Waals surface area contributed by atoms with Crippen molar-refractivity contribution in [1.29, 1.82) is 0 Å². The van der Waals surface area contributed by atoms with Gasteiger partial charge in [-0.2, -0.15) is 0 Å². The first kappa shape index (κ1) is 11.5. The van der Waals surface area contributed by atoms with Crippen LogP contribution in [0.1, 0.15) is 6.42 Å². The van der Waals surface area contributed by atoms with Gasteiger partial charge in [-0.15, -0.1) is 0 Å². The Kier molecular flexibility index (Phi) is 4.35. The van der Waals surface area contributed by atoms with Crippen LogP contribution in [0.15, 0.2) is 0 Å². The Bertz CT molecular complexity index is 186. The number of carbonyl (C=O) groups excluding carboxylic acids is 1. The molecule has 0 atom stereocenters. The van der Waals surface area contributed by atoms with E-state index in [4.69, 9.17) is 0 Å². The van der Waals surface area contributed by atoms with Crippen molar-refractivity contribution in [2.24, 2.45) is 0 Å². The van der Waals surface area contributed by atoms with Crippen LogP contribution in [0.5, 0.6) is 0 Å². The first-order valence-electron chi connectivity index (χ1n) is 5.20. The van der Waals surface area contributed by atoms with Crippen LogP contribution >= 0.6 is 0 Å². The molecule has 1 aliphatic rings. The van der Waals surface area contributed by atoms with Gasteiger partial charge in [-0.05, 0) is 7.05 Å². The third-order valence-corrected chi connectivity index (χ3v) is 2.74. The highest BCUT2D eigenvalue weighted by Gasteiger charge is 2.14.